The van der Waals surface area contributed by atoms with Gasteiger partial charge in [0.05, 0.1) is 0 Å². The van der Waals surface area contributed by atoms with E-state index in [1.165, 1.54) is 6.08 Å². The molecule has 1 fully saturated rings. The Hall–Kier alpha value is -0.940. The molecule has 1 aliphatic rings. The number of carbonyl (C=O) groups excluding carboxylic acids is 1. The maximum atomic E-state index is 14.0. The predicted octanol–water partition coefficient (Wildman–Crippen LogP) is 5.54. The molecule has 1 amide bonds. The Morgan fingerprint density at radius 3 is 2.54 bits per heavy atom. The highest BCUT2D eigenvalue weighted by molar-refractivity contribution is 9.13. The van der Waals surface area contributed by atoms with Gasteiger partial charge in [-0.25, -0.2) is 4.39 Å². The molecule has 0 aromatic heterocycles. The first-order valence-electron chi connectivity index (χ1n) is 8.05. The van der Waals surface area contributed by atoms with E-state index >= 15 is 0 Å². The van der Waals surface area contributed by atoms with Crippen molar-refractivity contribution in [2.75, 3.05) is 0 Å². The highest BCUT2D eigenvalue weighted by Gasteiger charge is 2.50. The molecule has 4 atom stereocenters. The van der Waals surface area contributed by atoms with Crippen molar-refractivity contribution >= 4 is 37.8 Å². The lowest BCUT2D eigenvalue weighted by Crippen LogP contribution is -2.34. The highest BCUT2D eigenvalue weighted by Crippen LogP contribution is 2.51. The minimum Gasteiger partial charge on any atom is -0.350 e. The van der Waals surface area contributed by atoms with E-state index in [2.05, 4.69) is 51.0 Å². The van der Waals surface area contributed by atoms with E-state index in [4.69, 9.17) is 0 Å². The van der Waals surface area contributed by atoms with Gasteiger partial charge in [-0.3, -0.25) is 4.79 Å². The first kappa shape index (κ1) is 19.4. The molecule has 0 spiro atoms. The van der Waals surface area contributed by atoms with Gasteiger partial charge in [0.1, 0.15) is 6.17 Å². The van der Waals surface area contributed by atoms with Crippen LogP contribution >= 0.6 is 31.9 Å². The smallest absolute Gasteiger partial charge is 0.244 e. The Kier molecular flexibility index (Phi) is 6.81. The normalized spacial score (nSPS) is 24.7. The zero-order chi connectivity index (χ0) is 17.9. The number of amides is 1. The summed E-state index contributed by atoms with van der Waals surface area (Å²) in [5.74, 6) is 0.0405. The van der Waals surface area contributed by atoms with Crippen molar-refractivity contribution in [1.82, 2.24) is 5.32 Å². The minimum atomic E-state index is -0.863. The summed E-state index contributed by atoms with van der Waals surface area (Å²) in [4.78, 5) is 11.7. The summed E-state index contributed by atoms with van der Waals surface area (Å²) in [5.41, 5.74) is 0.986. The van der Waals surface area contributed by atoms with Gasteiger partial charge in [0.15, 0.2) is 0 Å². The highest BCUT2D eigenvalue weighted by atomic mass is 79.9. The minimum absolute atomic E-state index is 0.103. The Bertz CT molecular complexity index is 657. The van der Waals surface area contributed by atoms with Gasteiger partial charge in [0.2, 0.25) is 5.91 Å². The summed E-state index contributed by atoms with van der Waals surface area (Å²) < 4.78 is 15.9. The fourth-order valence-electron chi connectivity index (χ4n) is 2.42. The van der Waals surface area contributed by atoms with E-state index in [0.29, 0.717) is 5.92 Å². The molecule has 4 unspecified atom stereocenters. The first-order chi connectivity index (χ1) is 11.3. The van der Waals surface area contributed by atoms with Gasteiger partial charge in [-0.05, 0) is 62.4 Å². The van der Waals surface area contributed by atoms with Gasteiger partial charge in [0.25, 0.3) is 0 Å². The lowest BCUT2D eigenvalue weighted by atomic mass is 10.1. The van der Waals surface area contributed by atoms with Crippen LogP contribution < -0.4 is 5.32 Å². The molecule has 1 saturated carbocycles. The van der Waals surface area contributed by atoms with Crippen LogP contribution in [-0.4, -0.2) is 18.1 Å². The largest absolute Gasteiger partial charge is 0.350 e. The van der Waals surface area contributed by atoms with Gasteiger partial charge in [0, 0.05) is 32.9 Å². The van der Waals surface area contributed by atoms with Crippen LogP contribution in [0.4, 0.5) is 4.39 Å². The maximum Gasteiger partial charge on any atom is 0.244 e. The second-order valence-electron chi connectivity index (χ2n) is 6.51. The lowest BCUT2D eigenvalue weighted by Gasteiger charge is -2.15. The molecule has 0 bridgehead atoms. The number of carbonyl (C=O) groups is 1. The summed E-state index contributed by atoms with van der Waals surface area (Å²) in [6.45, 7) is 6.10. The third kappa shape index (κ3) is 5.03. The maximum absolute atomic E-state index is 14.0. The van der Waals surface area contributed by atoms with E-state index in [9.17, 15) is 9.18 Å². The first-order valence-corrected chi connectivity index (χ1v) is 9.64. The van der Waals surface area contributed by atoms with Crippen molar-refractivity contribution in [3.05, 3.63) is 57.0 Å². The molecule has 1 aliphatic carbocycles. The van der Waals surface area contributed by atoms with Gasteiger partial charge < -0.3 is 5.32 Å². The molecule has 2 nitrogen and oxygen atoms in total. The molecule has 2 rings (SSSR count). The summed E-state index contributed by atoms with van der Waals surface area (Å²) >= 11 is 6.87. The van der Waals surface area contributed by atoms with Crippen LogP contribution in [-0.2, 0) is 4.79 Å². The summed E-state index contributed by atoms with van der Waals surface area (Å²) in [5, 5.41) is 2.89. The number of hydrogen-bond donors (Lipinski definition) is 1. The van der Waals surface area contributed by atoms with E-state index in [0.717, 1.165) is 14.5 Å². The van der Waals surface area contributed by atoms with Crippen LogP contribution in [0.2, 0.25) is 0 Å². The molecule has 5 heteroatoms. The van der Waals surface area contributed by atoms with E-state index in [-0.39, 0.29) is 23.8 Å². The molecular formula is C19H22Br2FNO. The number of halogens is 3. The van der Waals surface area contributed by atoms with Crippen molar-refractivity contribution in [2.45, 2.75) is 38.9 Å². The van der Waals surface area contributed by atoms with Gasteiger partial charge in [-0.2, -0.15) is 0 Å². The Balaban J connectivity index is 1.88. The van der Waals surface area contributed by atoms with Crippen LogP contribution in [0.1, 0.15) is 32.3 Å². The zero-order valence-electron chi connectivity index (χ0n) is 14.0. The quantitative estimate of drug-likeness (QED) is 0.440. The average molecular weight is 459 g/mol. The van der Waals surface area contributed by atoms with Crippen molar-refractivity contribution < 1.29 is 9.18 Å². The van der Waals surface area contributed by atoms with Crippen LogP contribution in [0, 0.1) is 11.8 Å². The molecule has 130 valence electrons. The molecule has 0 heterocycles. The SMILES string of the molecule is CC(C)C(C)NC(=O)C=CC=CC1C(F)C1c1ccc(Br)c(Br)c1. The van der Waals surface area contributed by atoms with E-state index < -0.39 is 6.17 Å². The zero-order valence-corrected chi connectivity index (χ0v) is 17.1. The van der Waals surface area contributed by atoms with Crippen LogP contribution in [0.3, 0.4) is 0 Å². The molecule has 24 heavy (non-hydrogen) atoms. The molecule has 1 aromatic rings. The molecule has 1 aromatic carbocycles. The second kappa shape index (κ2) is 8.43. The molecule has 0 aliphatic heterocycles. The number of nitrogens with one attached hydrogen (secondary N) is 1. The van der Waals surface area contributed by atoms with Gasteiger partial charge in [-0.1, -0.05) is 38.1 Å². The Morgan fingerprint density at radius 2 is 1.92 bits per heavy atom. The number of allylic oxidation sites excluding steroid dienone is 3. The van der Waals surface area contributed by atoms with Crippen molar-refractivity contribution in [1.29, 1.82) is 0 Å². The number of rotatable bonds is 6. The number of alkyl halides is 1. The van der Waals surface area contributed by atoms with E-state index in [1.807, 2.05) is 31.2 Å². The fraction of sp³-hybridized carbons (Fsp3) is 0.421. The van der Waals surface area contributed by atoms with Gasteiger partial charge >= 0.3 is 0 Å². The summed E-state index contributed by atoms with van der Waals surface area (Å²) in [6.07, 6.45) is 5.88. The summed E-state index contributed by atoms with van der Waals surface area (Å²) in [7, 11) is 0. The molecule has 1 N–H and O–H groups in total. The van der Waals surface area contributed by atoms with Crippen molar-refractivity contribution in [3.63, 3.8) is 0 Å². The topological polar surface area (TPSA) is 29.1 Å². The molecular weight excluding hydrogens is 437 g/mol. The molecule has 0 saturated heterocycles. The van der Waals surface area contributed by atoms with Crippen molar-refractivity contribution in [2.24, 2.45) is 11.8 Å². The predicted molar refractivity (Wildman–Crippen MR) is 104 cm³/mol. The van der Waals surface area contributed by atoms with Crippen LogP contribution in [0.25, 0.3) is 0 Å². The third-order valence-corrected chi connectivity index (χ3v) is 6.25. The van der Waals surface area contributed by atoms with Crippen molar-refractivity contribution in [3.8, 4) is 0 Å². The van der Waals surface area contributed by atoms with Crippen LogP contribution in [0.15, 0.2) is 51.4 Å². The lowest BCUT2D eigenvalue weighted by molar-refractivity contribution is -0.117. The standard InChI is InChI=1S/C19H22Br2FNO/c1-11(2)12(3)23-17(24)7-5-4-6-14-18(19(14)22)13-8-9-15(20)16(21)10-13/h4-12,14,18-19H,1-3H3,(H,23,24). The average Bonchev–Trinajstić information content (AvgIpc) is 3.16. The Morgan fingerprint density at radius 1 is 1.21 bits per heavy atom. The summed E-state index contributed by atoms with van der Waals surface area (Å²) in [6, 6.07) is 5.94. The fourth-order valence-corrected chi connectivity index (χ4v) is 3.06. The third-order valence-electron chi connectivity index (χ3n) is 4.38. The monoisotopic (exact) mass is 457 g/mol. The number of hydrogen-bond acceptors (Lipinski definition) is 1. The molecule has 0 radical (unpaired) electrons. The van der Waals surface area contributed by atoms with E-state index in [1.54, 1.807) is 12.2 Å². The number of benzene rings is 1. The second-order valence-corrected chi connectivity index (χ2v) is 8.22. The Labute approximate surface area is 159 Å². The van der Waals surface area contributed by atoms with Crippen LogP contribution in [0.5, 0.6) is 0 Å². The van der Waals surface area contributed by atoms with Gasteiger partial charge in [-0.15, -0.1) is 0 Å².